The predicted molar refractivity (Wildman–Crippen MR) is 272 cm³/mol. The van der Waals surface area contributed by atoms with Gasteiger partial charge >= 0.3 is 6.18 Å². The monoisotopic (exact) mass is 908 g/mol. The Morgan fingerprint density at radius 3 is 1.36 bits per heavy atom. The van der Waals surface area contributed by atoms with Crippen molar-refractivity contribution in [2.75, 3.05) is 0 Å². The van der Waals surface area contributed by atoms with Crippen LogP contribution in [0.15, 0.2) is 213 Å². The smallest absolute Gasteiger partial charge is 0.309 e. The lowest BCUT2D eigenvalue weighted by Crippen LogP contribution is -2.07. The van der Waals surface area contributed by atoms with Crippen LogP contribution in [0.4, 0.5) is 13.2 Å². The molecular weight excluding hydrogens is 874 g/mol. The van der Waals surface area contributed by atoms with Gasteiger partial charge in [0.2, 0.25) is 0 Å². The van der Waals surface area contributed by atoms with Crippen LogP contribution in [0.25, 0.3) is 111 Å². The molecule has 0 aliphatic carbocycles. The second-order valence-corrected chi connectivity index (χ2v) is 17.2. The van der Waals surface area contributed by atoms with Crippen LogP contribution in [0, 0.1) is 22.7 Å². The van der Waals surface area contributed by atoms with Crippen LogP contribution >= 0.6 is 0 Å². The van der Waals surface area contributed by atoms with Crippen molar-refractivity contribution >= 4 is 43.6 Å². The summed E-state index contributed by atoms with van der Waals surface area (Å²) in [7, 11) is 0. The summed E-state index contributed by atoms with van der Waals surface area (Å²) in [4.78, 5) is 9.55. The molecule has 0 radical (unpaired) electrons. The van der Waals surface area contributed by atoms with Gasteiger partial charge in [-0.2, -0.15) is 23.7 Å². The first-order valence-corrected chi connectivity index (χ1v) is 22.6. The van der Waals surface area contributed by atoms with Gasteiger partial charge in [0, 0.05) is 61.8 Å². The van der Waals surface area contributed by atoms with E-state index in [9.17, 15) is 23.7 Å². The van der Waals surface area contributed by atoms with E-state index < -0.39 is 11.7 Å². The van der Waals surface area contributed by atoms with Gasteiger partial charge in [-0.1, -0.05) is 121 Å². The van der Waals surface area contributed by atoms with Crippen molar-refractivity contribution in [3.05, 3.63) is 229 Å². The molecule has 8 aromatic carbocycles. The third-order valence-corrected chi connectivity index (χ3v) is 13.1. The van der Waals surface area contributed by atoms with Crippen LogP contribution in [0.3, 0.4) is 0 Å². The van der Waals surface area contributed by atoms with E-state index in [1.807, 2.05) is 179 Å². The molecule has 0 spiro atoms. The fraction of sp³-hybridized carbons (Fsp3) is 0.0164. The molecule has 0 saturated carbocycles. The topological polar surface area (TPSA) is 83.2 Å². The van der Waals surface area contributed by atoms with E-state index in [0.29, 0.717) is 22.5 Å². The van der Waals surface area contributed by atoms with Crippen molar-refractivity contribution < 1.29 is 13.2 Å². The fourth-order valence-electron chi connectivity index (χ4n) is 9.79. The predicted octanol–water partition coefficient (Wildman–Crippen LogP) is 15.8. The van der Waals surface area contributed by atoms with Gasteiger partial charge in [0.15, 0.2) is 0 Å². The summed E-state index contributed by atoms with van der Waals surface area (Å²) in [6, 6.07) is 67.5. The van der Waals surface area contributed by atoms with E-state index >= 15 is 0 Å². The summed E-state index contributed by atoms with van der Waals surface area (Å²) in [6.45, 7) is 0. The molecule has 12 rings (SSSR count). The summed E-state index contributed by atoms with van der Waals surface area (Å²) in [5, 5.41) is 25.0. The van der Waals surface area contributed by atoms with Gasteiger partial charge in [-0.05, 0) is 95.6 Å². The molecule has 4 heterocycles. The minimum atomic E-state index is -4.74. The SMILES string of the molecule is N#Cc1cc(-c2cc(-n3c4ccccc4c4cc(-c5ccc(-c6ccccc6)nc5)ccc43)c(C#N)cc2-n2c3ccccc3c3cc(-c4ccc(-c5ccccc5)nc4)ccc32)cc(C(F)(F)F)c1. The van der Waals surface area contributed by atoms with Crippen LogP contribution < -0.4 is 0 Å². The van der Waals surface area contributed by atoms with Crippen LogP contribution in [0.1, 0.15) is 16.7 Å². The molecule has 70 heavy (non-hydrogen) atoms. The molecule has 0 aliphatic heterocycles. The van der Waals surface area contributed by atoms with Crippen LogP contribution in [-0.4, -0.2) is 19.1 Å². The number of halogens is 3. The van der Waals surface area contributed by atoms with Gasteiger partial charge in [-0.15, -0.1) is 0 Å². The average molecular weight is 909 g/mol. The van der Waals surface area contributed by atoms with Crippen molar-refractivity contribution in [3.63, 3.8) is 0 Å². The molecule has 4 aromatic heterocycles. The Morgan fingerprint density at radius 1 is 0.386 bits per heavy atom. The molecule has 330 valence electrons. The number of rotatable bonds is 7. The Bertz CT molecular complexity index is 4100. The first kappa shape index (κ1) is 41.8. The van der Waals surface area contributed by atoms with Crippen molar-refractivity contribution in [2.45, 2.75) is 6.18 Å². The van der Waals surface area contributed by atoms with Crippen LogP contribution in [0.2, 0.25) is 0 Å². The number of pyridine rings is 2. The number of alkyl halides is 3. The number of hydrogen-bond acceptors (Lipinski definition) is 4. The van der Waals surface area contributed by atoms with Gasteiger partial charge in [-0.3, -0.25) is 9.97 Å². The maximum absolute atomic E-state index is 14.7. The lowest BCUT2D eigenvalue weighted by Gasteiger charge is -2.20. The van der Waals surface area contributed by atoms with Gasteiger partial charge < -0.3 is 9.13 Å². The largest absolute Gasteiger partial charge is 0.416 e. The highest BCUT2D eigenvalue weighted by Gasteiger charge is 2.32. The van der Waals surface area contributed by atoms with E-state index in [4.69, 9.17) is 9.97 Å². The van der Waals surface area contributed by atoms with Crippen molar-refractivity contribution in [1.82, 2.24) is 19.1 Å². The number of para-hydroxylation sites is 2. The molecule has 0 saturated heterocycles. The maximum Gasteiger partial charge on any atom is 0.416 e. The highest BCUT2D eigenvalue weighted by molar-refractivity contribution is 6.12. The third-order valence-electron chi connectivity index (χ3n) is 13.1. The molecule has 6 nitrogen and oxygen atoms in total. The standard InChI is InChI=1S/C61H35F3N6/c62-61(63,64)47-28-38(34-65)27-45(29-47)50-33-59(69-55-17-9-7-15-48(55)51-30-41(21-25-57(51)69)43-19-23-53(67-36-43)39-11-3-1-4-12-39)46(35-66)32-60(50)70-56-18-10-8-16-49(56)52-31-42(22-26-58(52)70)44-20-24-54(68-37-44)40-13-5-2-6-14-40/h1-33,36-37H. The number of fused-ring (bicyclic) bond motifs is 6. The minimum Gasteiger partial charge on any atom is -0.309 e. The maximum atomic E-state index is 14.7. The number of aromatic nitrogens is 4. The zero-order valence-corrected chi connectivity index (χ0v) is 37.0. The highest BCUT2D eigenvalue weighted by Crippen LogP contribution is 2.44. The van der Waals surface area contributed by atoms with Gasteiger partial charge in [0.05, 0.1) is 67.6 Å². The zero-order chi connectivity index (χ0) is 47.5. The molecule has 0 amide bonds. The Balaban J connectivity index is 1.07. The Kier molecular flexibility index (Phi) is 9.94. The number of hydrogen-bond donors (Lipinski definition) is 0. The molecule has 0 unspecified atom stereocenters. The van der Waals surface area contributed by atoms with Crippen LogP contribution in [0.5, 0.6) is 0 Å². The van der Waals surface area contributed by atoms with E-state index in [-0.39, 0.29) is 11.1 Å². The van der Waals surface area contributed by atoms with E-state index in [1.54, 1.807) is 12.1 Å². The lowest BCUT2D eigenvalue weighted by atomic mass is 9.95. The number of nitrogens with zero attached hydrogens (tertiary/aromatic N) is 6. The summed E-state index contributed by atoms with van der Waals surface area (Å²) in [5.41, 5.74) is 11.4. The van der Waals surface area contributed by atoms with Crippen molar-refractivity contribution in [2.24, 2.45) is 0 Å². The fourth-order valence-corrected chi connectivity index (χ4v) is 9.79. The quantitative estimate of drug-likeness (QED) is 0.159. The first-order chi connectivity index (χ1) is 34.2. The molecule has 0 aliphatic rings. The molecule has 0 bridgehead atoms. The van der Waals surface area contributed by atoms with Gasteiger partial charge in [0.1, 0.15) is 6.07 Å². The molecular formula is C61H35F3N6. The first-order valence-electron chi connectivity index (χ1n) is 22.6. The summed E-state index contributed by atoms with van der Waals surface area (Å²) >= 11 is 0. The lowest BCUT2D eigenvalue weighted by molar-refractivity contribution is -0.137. The van der Waals surface area contributed by atoms with E-state index in [2.05, 4.69) is 24.3 Å². The summed E-state index contributed by atoms with van der Waals surface area (Å²) in [6.07, 6.45) is -1.02. The molecule has 0 fully saturated rings. The van der Waals surface area contributed by atoms with Gasteiger partial charge in [0.25, 0.3) is 0 Å². The average Bonchev–Trinajstić information content (AvgIpc) is 3.93. The normalized spacial score (nSPS) is 11.6. The van der Waals surface area contributed by atoms with Crippen molar-refractivity contribution in [3.8, 4) is 79.4 Å². The zero-order valence-electron chi connectivity index (χ0n) is 37.0. The van der Waals surface area contributed by atoms with E-state index in [1.165, 1.54) is 6.07 Å². The molecule has 12 aromatic rings. The number of benzene rings is 8. The third kappa shape index (κ3) is 7.13. The molecule has 0 atom stereocenters. The highest BCUT2D eigenvalue weighted by atomic mass is 19.4. The Morgan fingerprint density at radius 2 is 0.871 bits per heavy atom. The summed E-state index contributed by atoms with van der Waals surface area (Å²) in [5.74, 6) is 0. The Labute approximate surface area is 399 Å². The van der Waals surface area contributed by atoms with Gasteiger partial charge in [-0.25, -0.2) is 0 Å². The van der Waals surface area contributed by atoms with Crippen LogP contribution in [-0.2, 0) is 6.18 Å². The second-order valence-electron chi connectivity index (χ2n) is 17.2. The number of nitriles is 2. The summed E-state index contributed by atoms with van der Waals surface area (Å²) < 4.78 is 48.2. The Hall–Kier alpha value is -9.57. The minimum absolute atomic E-state index is 0.142. The molecule has 9 heteroatoms. The van der Waals surface area contributed by atoms with Crippen molar-refractivity contribution in [1.29, 1.82) is 10.5 Å². The second kappa shape index (κ2) is 16.6. The molecule has 0 N–H and O–H groups in total. The van der Waals surface area contributed by atoms with E-state index in [0.717, 1.165) is 101 Å².